The number of benzene rings is 1. The summed E-state index contributed by atoms with van der Waals surface area (Å²) in [6, 6.07) is 10.4. The summed E-state index contributed by atoms with van der Waals surface area (Å²) in [5.41, 5.74) is 0.771. The number of nitrogens with zero attached hydrogens (tertiary/aromatic N) is 3. The molecule has 118 valence electrons. The number of thiophene rings is 1. The predicted molar refractivity (Wildman–Crippen MR) is 88.2 cm³/mol. The van der Waals surface area contributed by atoms with Gasteiger partial charge in [0.2, 0.25) is 11.7 Å². The Balaban J connectivity index is 1.53. The maximum absolute atomic E-state index is 13.0. The van der Waals surface area contributed by atoms with Gasteiger partial charge in [-0.1, -0.05) is 5.16 Å². The average Bonchev–Trinajstić information content (AvgIpc) is 3.28. The summed E-state index contributed by atoms with van der Waals surface area (Å²) in [6.45, 7) is 1.96. The monoisotopic (exact) mass is 329 g/mol. The minimum atomic E-state index is -0.267. The van der Waals surface area contributed by atoms with Crippen molar-refractivity contribution >= 4 is 16.3 Å². The summed E-state index contributed by atoms with van der Waals surface area (Å²) >= 11 is 1.75. The van der Waals surface area contributed by atoms with Gasteiger partial charge in [-0.3, -0.25) is 0 Å². The molecule has 0 unspecified atom stereocenters. The molecule has 23 heavy (non-hydrogen) atoms. The second-order valence-corrected chi connectivity index (χ2v) is 6.63. The Morgan fingerprint density at radius 2 is 2.09 bits per heavy atom. The summed E-state index contributed by atoms with van der Waals surface area (Å²) in [5.74, 6) is 1.17. The summed E-state index contributed by atoms with van der Waals surface area (Å²) in [6.07, 6.45) is 2.16. The quantitative estimate of drug-likeness (QED) is 0.717. The Labute approximate surface area is 137 Å². The second kappa shape index (κ2) is 6.12. The number of hydrogen-bond donors (Lipinski definition) is 0. The van der Waals surface area contributed by atoms with E-state index in [-0.39, 0.29) is 11.7 Å². The number of aromatic nitrogens is 2. The van der Waals surface area contributed by atoms with E-state index in [1.54, 1.807) is 23.5 Å². The molecule has 1 aliphatic rings. The van der Waals surface area contributed by atoms with Crippen molar-refractivity contribution in [3.63, 3.8) is 0 Å². The Kier molecular flexibility index (Phi) is 3.83. The van der Waals surface area contributed by atoms with Gasteiger partial charge in [-0.05, 0) is 54.6 Å². The van der Waals surface area contributed by atoms with Crippen molar-refractivity contribution in [1.82, 2.24) is 10.1 Å². The molecule has 0 N–H and O–H groups in total. The lowest BCUT2D eigenvalue weighted by molar-refractivity contribution is 0.334. The molecule has 6 heteroatoms. The normalized spacial score (nSPS) is 18.3. The number of rotatable bonds is 3. The molecule has 2 aromatic heterocycles. The van der Waals surface area contributed by atoms with Crippen molar-refractivity contribution < 1.29 is 8.91 Å². The zero-order valence-electron chi connectivity index (χ0n) is 12.5. The number of halogens is 1. The zero-order valence-corrected chi connectivity index (χ0v) is 13.3. The fourth-order valence-corrected chi connectivity index (χ4v) is 3.71. The van der Waals surface area contributed by atoms with Gasteiger partial charge in [-0.25, -0.2) is 4.39 Å². The largest absolute Gasteiger partial charge is 0.363 e. The minimum absolute atomic E-state index is 0.243. The van der Waals surface area contributed by atoms with Crippen LogP contribution >= 0.6 is 11.3 Å². The van der Waals surface area contributed by atoms with E-state index in [0.29, 0.717) is 11.7 Å². The molecule has 0 bridgehead atoms. The topological polar surface area (TPSA) is 42.2 Å². The van der Waals surface area contributed by atoms with E-state index >= 15 is 0 Å². The molecular weight excluding hydrogens is 313 g/mol. The number of hydrogen-bond acceptors (Lipinski definition) is 5. The highest BCUT2D eigenvalue weighted by Crippen LogP contribution is 2.32. The van der Waals surface area contributed by atoms with Crippen LogP contribution in [0.25, 0.3) is 11.4 Å². The van der Waals surface area contributed by atoms with Gasteiger partial charge in [0.1, 0.15) is 5.82 Å². The van der Waals surface area contributed by atoms with Crippen molar-refractivity contribution in [2.75, 3.05) is 18.0 Å². The van der Waals surface area contributed by atoms with Crippen LogP contribution in [-0.2, 0) is 0 Å². The van der Waals surface area contributed by atoms with Crippen molar-refractivity contribution in [3.8, 4) is 11.4 Å². The highest BCUT2D eigenvalue weighted by Gasteiger charge is 2.26. The average molecular weight is 329 g/mol. The maximum atomic E-state index is 13.0. The fraction of sp³-hybridized carbons (Fsp3) is 0.294. The molecule has 3 heterocycles. The van der Waals surface area contributed by atoms with Gasteiger partial charge in [-0.2, -0.15) is 4.98 Å². The number of piperidine rings is 1. The summed E-state index contributed by atoms with van der Waals surface area (Å²) in [4.78, 5) is 6.90. The molecule has 0 aliphatic carbocycles. The lowest BCUT2D eigenvalue weighted by Crippen LogP contribution is -2.33. The van der Waals surface area contributed by atoms with Gasteiger partial charge in [0.25, 0.3) is 0 Å². The Morgan fingerprint density at radius 3 is 2.87 bits per heavy atom. The van der Waals surface area contributed by atoms with Crippen LogP contribution in [0, 0.1) is 5.82 Å². The SMILES string of the molecule is Fc1ccc(-c2noc([C@H]3CCCN(c4cccs4)C3)n2)cc1. The molecule has 3 aromatic rings. The number of anilines is 1. The fourth-order valence-electron chi connectivity index (χ4n) is 2.95. The van der Waals surface area contributed by atoms with Crippen LogP contribution in [0.4, 0.5) is 9.39 Å². The third-order valence-electron chi connectivity index (χ3n) is 4.13. The van der Waals surface area contributed by atoms with E-state index < -0.39 is 0 Å². The van der Waals surface area contributed by atoms with Crippen molar-refractivity contribution in [3.05, 3.63) is 53.5 Å². The van der Waals surface area contributed by atoms with Gasteiger partial charge in [-0.15, -0.1) is 11.3 Å². The summed E-state index contributed by atoms with van der Waals surface area (Å²) < 4.78 is 18.5. The molecule has 1 atom stereocenters. The Bertz CT molecular complexity index is 770. The van der Waals surface area contributed by atoms with Crippen LogP contribution in [0.1, 0.15) is 24.7 Å². The molecular formula is C17H16FN3OS. The highest BCUT2D eigenvalue weighted by atomic mass is 32.1. The van der Waals surface area contributed by atoms with Crippen LogP contribution < -0.4 is 4.90 Å². The maximum Gasteiger partial charge on any atom is 0.231 e. The van der Waals surface area contributed by atoms with Gasteiger partial charge in [0.05, 0.1) is 10.9 Å². The summed E-state index contributed by atoms with van der Waals surface area (Å²) in [5, 5.41) is 7.44. The standard InChI is InChI=1S/C17H16FN3OS/c18-14-7-5-12(6-8-14)16-19-17(22-20-16)13-3-1-9-21(11-13)15-4-2-10-23-15/h2,4-8,10,13H,1,3,9,11H2/t13-/m0/s1. The molecule has 1 saturated heterocycles. The zero-order chi connectivity index (χ0) is 15.6. The lowest BCUT2D eigenvalue weighted by Gasteiger charge is -2.31. The molecule has 1 aromatic carbocycles. The molecule has 1 fully saturated rings. The highest BCUT2D eigenvalue weighted by molar-refractivity contribution is 7.14. The van der Waals surface area contributed by atoms with Gasteiger partial charge in [0.15, 0.2) is 0 Å². The molecule has 4 rings (SSSR count). The first-order valence-electron chi connectivity index (χ1n) is 7.67. The minimum Gasteiger partial charge on any atom is -0.363 e. The predicted octanol–water partition coefficient (Wildman–Crippen LogP) is 4.32. The van der Waals surface area contributed by atoms with E-state index in [1.807, 2.05) is 0 Å². The van der Waals surface area contributed by atoms with E-state index in [9.17, 15) is 4.39 Å². The second-order valence-electron chi connectivity index (χ2n) is 5.70. The summed E-state index contributed by atoms with van der Waals surface area (Å²) in [7, 11) is 0. The molecule has 0 radical (unpaired) electrons. The third kappa shape index (κ3) is 2.99. The van der Waals surface area contributed by atoms with E-state index in [2.05, 4.69) is 32.6 Å². The van der Waals surface area contributed by atoms with Crippen LogP contribution in [-0.4, -0.2) is 23.2 Å². The first-order valence-corrected chi connectivity index (χ1v) is 8.55. The first-order chi connectivity index (χ1) is 11.3. The van der Waals surface area contributed by atoms with Gasteiger partial charge in [0, 0.05) is 18.7 Å². The molecule has 0 saturated carbocycles. The molecule has 0 amide bonds. The smallest absolute Gasteiger partial charge is 0.231 e. The van der Waals surface area contributed by atoms with Crippen LogP contribution in [0.15, 0.2) is 46.3 Å². The first kappa shape index (κ1) is 14.4. The van der Waals surface area contributed by atoms with Crippen LogP contribution in [0.3, 0.4) is 0 Å². The Morgan fingerprint density at radius 1 is 1.22 bits per heavy atom. The third-order valence-corrected chi connectivity index (χ3v) is 5.06. The van der Waals surface area contributed by atoms with Crippen molar-refractivity contribution in [2.24, 2.45) is 0 Å². The van der Waals surface area contributed by atoms with Gasteiger partial charge < -0.3 is 9.42 Å². The van der Waals surface area contributed by atoms with Gasteiger partial charge >= 0.3 is 0 Å². The Hall–Kier alpha value is -2.21. The van der Waals surface area contributed by atoms with Crippen LogP contribution in [0.2, 0.25) is 0 Å². The van der Waals surface area contributed by atoms with E-state index in [0.717, 1.165) is 31.5 Å². The molecule has 0 spiro atoms. The molecule has 4 nitrogen and oxygen atoms in total. The van der Waals surface area contributed by atoms with Crippen LogP contribution in [0.5, 0.6) is 0 Å². The van der Waals surface area contributed by atoms with Crippen molar-refractivity contribution in [2.45, 2.75) is 18.8 Å². The molecule has 1 aliphatic heterocycles. The van der Waals surface area contributed by atoms with E-state index in [1.165, 1.54) is 17.1 Å². The van der Waals surface area contributed by atoms with E-state index in [4.69, 9.17) is 4.52 Å². The van der Waals surface area contributed by atoms with Crippen molar-refractivity contribution in [1.29, 1.82) is 0 Å². The lowest BCUT2D eigenvalue weighted by atomic mass is 9.98.